The average Bonchev–Trinajstić information content (AvgIpc) is 3.08. The molecule has 1 aliphatic carbocycles. The first-order valence-corrected chi connectivity index (χ1v) is 6.47. The van der Waals surface area contributed by atoms with Gasteiger partial charge in [0.1, 0.15) is 11.9 Å². The molecule has 1 aromatic carbocycles. The van der Waals surface area contributed by atoms with Crippen molar-refractivity contribution in [3.63, 3.8) is 0 Å². The molecule has 1 saturated carbocycles. The van der Waals surface area contributed by atoms with Gasteiger partial charge >= 0.3 is 0 Å². The lowest BCUT2D eigenvalue weighted by atomic mass is 10.1. The maximum absolute atomic E-state index is 10.3. The highest BCUT2D eigenvalue weighted by molar-refractivity contribution is 6.34. The van der Waals surface area contributed by atoms with Gasteiger partial charge in [-0.05, 0) is 30.9 Å². The zero-order valence-electron chi connectivity index (χ0n) is 10.1. The van der Waals surface area contributed by atoms with Gasteiger partial charge in [0.25, 0.3) is 0 Å². The summed E-state index contributed by atoms with van der Waals surface area (Å²) >= 11 is 6.06. The summed E-state index contributed by atoms with van der Waals surface area (Å²) in [6.07, 6.45) is 1.29. The van der Waals surface area contributed by atoms with E-state index in [1.807, 2.05) is 18.2 Å². The molecule has 0 spiro atoms. The minimum atomic E-state index is -0.731. The summed E-state index contributed by atoms with van der Waals surface area (Å²) in [4.78, 5) is 0. The van der Waals surface area contributed by atoms with Gasteiger partial charge in [0.2, 0.25) is 0 Å². The summed E-state index contributed by atoms with van der Waals surface area (Å²) in [5.41, 5.74) is 0.624. The fourth-order valence-electron chi connectivity index (χ4n) is 2.36. The van der Waals surface area contributed by atoms with Crippen LogP contribution in [-0.2, 0) is 4.74 Å². The van der Waals surface area contributed by atoms with E-state index in [9.17, 15) is 5.11 Å². The molecule has 0 saturated heterocycles. The number of furan rings is 1. The van der Waals surface area contributed by atoms with Crippen LogP contribution < -0.4 is 0 Å². The second-order valence-corrected chi connectivity index (χ2v) is 5.20. The molecule has 0 radical (unpaired) electrons. The summed E-state index contributed by atoms with van der Waals surface area (Å²) in [5.74, 6) is 0.963. The fraction of sp³-hybridized carbons (Fsp3) is 0.429. The van der Waals surface area contributed by atoms with E-state index in [-0.39, 0.29) is 6.10 Å². The molecule has 1 aromatic heterocycles. The molecule has 1 heterocycles. The van der Waals surface area contributed by atoms with E-state index >= 15 is 0 Å². The molecule has 4 heteroatoms. The maximum atomic E-state index is 10.3. The van der Waals surface area contributed by atoms with Gasteiger partial charge in [0.05, 0.1) is 11.1 Å². The predicted molar refractivity (Wildman–Crippen MR) is 69.7 cm³/mol. The molecule has 1 fully saturated rings. The van der Waals surface area contributed by atoms with Crippen LogP contribution in [0, 0.1) is 5.92 Å². The molecule has 96 valence electrons. The fourth-order valence-corrected chi connectivity index (χ4v) is 2.58. The second-order valence-electron chi connectivity index (χ2n) is 4.79. The molecular weight excluding hydrogens is 252 g/mol. The van der Waals surface area contributed by atoms with Crippen LogP contribution in [0.5, 0.6) is 0 Å². The van der Waals surface area contributed by atoms with Crippen molar-refractivity contribution in [2.24, 2.45) is 5.92 Å². The Morgan fingerprint density at radius 2 is 2.22 bits per heavy atom. The molecule has 0 aliphatic heterocycles. The lowest BCUT2D eigenvalue weighted by Gasteiger charge is -2.19. The number of hydrogen-bond donors (Lipinski definition) is 1. The Labute approximate surface area is 110 Å². The summed E-state index contributed by atoms with van der Waals surface area (Å²) in [6, 6.07) is 7.39. The van der Waals surface area contributed by atoms with Crippen LogP contribution in [-0.4, -0.2) is 18.3 Å². The summed E-state index contributed by atoms with van der Waals surface area (Å²) in [7, 11) is 1.63. The summed E-state index contributed by atoms with van der Waals surface area (Å²) < 4.78 is 11.0. The Kier molecular flexibility index (Phi) is 3.06. The maximum Gasteiger partial charge on any atom is 0.152 e. The van der Waals surface area contributed by atoms with E-state index in [2.05, 4.69) is 0 Å². The number of rotatable bonds is 4. The smallest absolute Gasteiger partial charge is 0.152 e. The van der Waals surface area contributed by atoms with Crippen molar-refractivity contribution in [3.8, 4) is 0 Å². The zero-order chi connectivity index (χ0) is 12.7. The number of halogens is 1. The number of methoxy groups -OCH3 is 1. The Morgan fingerprint density at radius 1 is 1.44 bits per heavy atom. The van der Waals surface area contributed by atoms with Crippen molar-refractivity contribution in [3.05, 3.63) is 35.0 Å². The van der Waals surface area contributed by atoms with Crippen LogP contribution in [0.15, 0.2) is 28.7 Å². The van der Waals surface area contributed by atoms with E-state index in [1.165, 1.54) is 0 Å². The van der Waals surface area contributed by atoms with Crippen LogP contribution >= 0.6 is 11.6 Å². The van der Waals surface area contributed by atoms with Gasteiger partial charge in [-0.25, -0.2) is 0 Å². The largest absolute Gasteiger partial charge is 0.457 e. The van der Waals surface area contributed by atoms with Crippen LogP contribution in [0.25, 0.3) is 11.0 Å². The number of hydrogen-bond acceptors (Lipinski definition) is 3. The van der Waals surface area contributed by atoms with Gasteiger partial charge in [0, 0.05) is 12.5 Å². The minimum absolute atomic E-state index is 0.190. The number of fused-ring (bicyclic) bond motifs is 1. The average molecular weight is 267 g/mol. The molecule has 0 amide bonds. The Hall–Kier alpha value is -1.03. The van der Waals surface area contributed by atoms with E-state index in [0.29, 0.717) is 22.3 Å². The number of benzene rings is 1. The lowest BCUT2D eigenvalue weighted by Crippen LogP contribution is -2.22. The van der Waals surface area contributed by atoms with E-state index < -0.39 is 6.10 Å². The molecule has 1 N–H and O–H groups in total. The predicted octanol–water partition coefficient (Wildman–Crippen LogP) is 3.54. The highest BCUT2D eigenvalue weighted by Gasteiger charge is 2.38. The number of para-hydroxylation sites is 1. The topological polar surface area (TPSA) is 42.6 Å². The van der Waals surface area contributed by atoms with Crippen molar-refractivity contribution in [1.82, 2.24) is 0 Å². The highest BCUT2D eigenvalue weighted by Crippen LogP contribution is 2.41. The van der Waals surface area contributed by atoms with E-state index in [4.69, 9.17) is 20.8 Å². The van der Waals surface area contributed by atoms with Crippen molar-refractivity contribution < 1.29 is 14.3 Å². The summed E-state index contributed by atoms with van der Waals surface area (Å²) in [6.45, 7) is 0. The molecule has 3 nitrogen and oxygen atoms in total. The van der Waals surface area contributed by atoms with Crippen LogP contribution in [0.3, 0.4) is 0 Å². The molecule has 2 unspecified atom stereocenters. The molecule has 18 heavy (non-hydrogen) atoms. The van der Waals surface area contributed by atoms with Gasteiger partial charge in [-0.1, -0.05) is 23.7 Å². The van der Waals surface area contributed by atoms with Gasteiger partial charge in [-0.15, -0.1) is 0 Å². The lowest BCUT2D eigenvalue weighted by molar-refractivity contribution is -0.0348. The first-order valence-electron chi connectivity index (χ1n) is 6.09. The molecule has 0 bridgehead atoms. The molecule has 2 aromatic rings. The SMILES string of the molecule is COC(C1CC1)C(O)c1cc2cccc(Cl)c2o1. The van der Waals surface area contributed by atoms with E-state index in [0.717, 1.165) is 18.2 Å². The first-order chi connectivity index (χ1) is 8.70. The monoisotopic (exact) mass is 266 g/mol. The van der Waals surface area contributed by atoms with E-state index in [1.54, 1.807) is 13.2 Å². The van der Waals surface area contributed by atoms with Crippen molar-refractivity contribution in [2.75, 3.05) is 7.11 Å². The van der Waals surface area contributed by atoms with Crippen molar-refractivity contribution >= 4 is 22.6 Å². The third-order valence-corrected chi connectivity index (χ3v) is 3.77. The molecule has 1 aliphatic rings. The highest BCUT2D eigenvalue weighted by atomic mass is 35.5. The van der Waals surface area contributed by atoms with Gasteiger partial charge in [0.15, 0.2) is 5.58 Å². The normalized spacial score (nSPS) is 19.1. The number of aliphatic hydroxyl groups is 1. The van der Waals surface area contributed by atoms with Crippen molar-refractivity contribution in [1.29, 1.82) is 0 Å². The van der Waals surface area contributed by atoms with Crippen LogP contribution in [0.2, 0.25) is 5.02 Å². The third-order valence-electron chi connectivity index (χ3n) is 3.48. The second kappa shape index (κ2) is 4.57. The Bertz CT molecular complexity index is 559. The van der Waals surface area contributed by atoms with Gasteiger partial charge < -0.3 is 14.3 Å². The minimum Gasteiger partial charge on any atom is -0.457 e. The standard InChI is InChI=1S/C14H15ClO3/c1-17-14(8-5-6-8)12(16)11-7-9-3-2-4-10(15)13(9)18-11/h2-4,7-8,12,14,16H,5-6H2,1H3. The zero-order valence-corrected chi connectivity index (χ0v) is 10.9. The third kappa shape index (κ3) is 2.03. The van der Waals surface area contributed by atoms with Crippen molar-refractivity contribution in [2.45, 2.75) is 25.0 Å². The van der Waals surface area contributed by atoms with Crippen LogP contribution in [0.4, 0.5) is 0 Å². The van der Waals surface area contributed by atoms with Gasteiger partial charge in [-0.2, -0.15) is 0 Å². The quantitative estimate of drug-likeness (QED) is 0.920. The molecule has 3 rings (SSSR count). The van der Waals surface area contributed by atoms with Gasteiger partial charge in [-0.3, -0.25) is 0 Å². The number of ether oxygens (including phenoxy) is 1. The first kappa shape index (κ1) is 12.0. The summed E-state index contributed by atoms with van der Waals surface area (Å²) in [5, 5.41) is 11.8. The Balaban J connectivity index is 1.95. The van der Waals surface area contributed by atoms with Crippen LogP contribution in [0.1, 0.15) is 24.7 Å². The molecule has 2 atom stereocenters. The molecular formula is C14H15ClO3. The Morgan fingerprint density at radius 3 is 2.83 bits per heavy atom. The number of aliphatic hydroxyl groups excluding tert-OH is 1.